The molecule has 1 atom stereocenters. The molecule has 24 heavy (non-hydrogen) atoms. The van der Waals surface area contributed by atoms with Gasteiger partial charge in [0.15, 0.2) is 0 Å². The van der Waals surface area contributed by atoms with Gasteiger partial charge in [0.2, 0.25) is 0 Å². The van der Waals surface area contributed by atoms with Crippen LogP contribution in [0.1, 0.15) is 61.2 Å². The Labute approximate surface area is 146 Å². The average Bonchev–Trinajstić information content (AvgIpc) is 2.48. The molecule has 1 aliphatic rings. The normalized spacial score (nSPS) is 21.3. The molecule has 2 aromatic heterocycles. The summed E-state index contributed by atoms with van der Waals surface area (Å²) in [5, 5.41) is 0. The van der Waals surface area contributed by atoms with Gasteiger partial charge in [-0.2, -0.15) is 0 Å². The molecule has 2 aromatic rings. The molecule has 3 heterocycles. The molecule has 0 amide bonds. The summed E-state index contributed by atoms with van der Waals surface area (Å²) < 4.78 is 14.9. The van der Waals surface area contributed by atoms with Gasteiger partial charge in [0.05, 0.1) is 26.0 Å². The van der Waals surface area contributed by atoms with Crippen molar-refractivity contribution in [2.45, 2.75) is 77.4 Å². The molecule has 1 aliphatic heterocycles. The molecule has 3 rings (SSSR count). The van der Waals surface area contributed by atoms with Gasteiger partial charge in [0, 0.05) is 16.7 Å². The van der Waals surface area contributed by atoms with Crippen molar-refractivity contribution in [3.8, 4) is 0 Å². The zero-order valence-corrected chi connectivity index (χ0v) is 17.0. The molecule has 0 saturated heterocycles. The average molecular weight is 346 g/mol. The lowest BCUT2D eigenvalue weighted by Gasteiger charge is -2.47. The Morgan fingerprint density at radius 2 is 1.38 bits per heavy atom. The Hall–Kier alpha value is -1.42. The van der Waals surface area contributed by atoms with Crippen LogP contribution in [0.15, 0.2) is 9.69 Å². The van der Waals surface area contributed by atoms with Crippen LogP contribution in [0, 0.1) is 34.6 Å². The van der Waals surface area contributed by atoms with Crippen molar-refractivity contribution in [1.82, 2.24) is 4.40 Å². The van der Waals surface area contributed by atoms with Crippen molar-refractivity contribution in [3.63, 3.8) is 0 Å². The standard InChI is InChI=1S/C20H27NO2S/c1-10-12(3)17-16-15(19(6,7)20(8,9)24(17)23)11(2)13(4)18(22)21(16)14(10)5/h1-9H3. The van der Waals surface area contributed by atoms with Crippen LogP contribution in [0.4, 0.5) is 0 Å². The summed E-state index contributed by atoms with van der Waals surface area (Å²) in [5.41, 5.74) is 6.66. The maximum atomic E-state index is 13.5. The van der Waals surface area contributed by atoms with E-state index in [1.807, 2.05) is 39.0 Å². The SMILES string of the molecule is Cc1c(C)c(C)n2c(=O)c(C)c(C)c3c2c1S(=O)C(C)(C)C3(C)C. The van der Waals surface area contributed by atoms with Gasteiger partial charge in [-0.15, -0.1) is 0 Å². The maximum absolute atomic E-state index is 13.5. The van der Waals surface area contributed by atoms with Crippen LogP contribution in [-0.4, -0.2) is 13.4 Å². The maximum Gasteiger partial charge on any atom is 0.258 e. The van der Waals surface area contributed by atoms with Crippen molar-refractivity contribution in [2.75, 3.05) is 0 Å². The van der Waals surface area contributed by atoms with Gasteiger partial charge in [-0.1, -0.05) is 13.8 Å². The molecule has 0 saturated carbocycles. The highest BCUT2D eigenvalue weighted by Crippen LogP contribution is 2.50. The van der Waals surface area contributed by atoms with Crippen molar-refractivity contribution in [2.24, 2.45) is 0 Å². The van der Waals surface area contributed by atoms with Crippen LogP contribution in [0.5, 0.6) is 0 Å². The second kappa shape index (κ2) is 4.81. The van der Waals surface area contributed by atoms with Gasteiger partial charge in [-0.25, -0.2) is 0 Å². The Balaban J connectivity index is 2.81. The lowest BCUT2D eigenvalue weighted by Crippen LogP contribution is -2.50. The number of aryl methyl sites for hydroxylation is 1. The summed E-state index contributed by atoms with van der Waals surface area (Å²) in [6.07, 6.45) is 0. The molecule has 0 fully saturated rings. The quantitative estimate of drug-likeness (QED) is 0.723. The Kier molecular flexibility index (Phi) is 3.49. The van der Waals surface area contributed by atoms with Crippen LogP contribution in [0.3, 0.4) is 0 Å². The second-order valence-corrected chi connectivity index (χ2v) is 10.1. The predicted molar refractivity (Wildman–Crippen MR) is 101 cm³/mol. The molecule has 0 aromatic carbocycles. The number of pyridine rings is 2. The van der Waals surface area contributed by atoms with Gasteiger partial charge >= 0.3 is 0 Å². The molecule has 3 nitrogen and oxygen atoms in total. The highest BCUT2D eigenvalue weighted by molar-refractivity contribution is 7.87. The molecule has 0 spiro atoms. The van der Waals surface area contributed by atoms with Crippen LogP contribution in [0.2, 0.25) is 0 Å². The van der Waals surface area contributed by atoms with Crippen molar-refractivity contribution < 1.29 is 4.21 Å². The van der Waals surface area contributed by atoms with Crippen LogP contribution < -0.4 is 5.56 Å². The first kappa shape index (κ1) is 17.4. The zero-order valence-electron chi connectivity index (χ0n) is 16.2. The van der Waals surface area contributed by atoms with E-state index in [0.717, 1.165) is 38.4 Å². The summed E-state index contributed by atoms with van der Waals surface area (Å²) in [7, 11) is -1.18. The second-order valence-electron chi connectivity index (χ2n) is 8.18. The minimum absolute atomic E-state index is 0.0145. The topological polar surface area (TPSA) is 38.5 Å². The summed E-state index contributed by atoms with van der Waals surface area (Å²) in [4.78, 5) is 13.9. The van der Waals surface area contributed by atoms with Gasteiger partial charge in [0.1, 0.15) is 0 Å². The summed E-state index contributed by atoms with van der Waals surface area (Å²) in [6, 6.07) is 0. The number of hydrogen-bond donors (Lipinski definition) is 0. The van der Waals surface area contributed by atoms with Gasteiger partial charge in [0.25, 0.3) is 5.56 Å². The Morgan fingerprint density at radius 1 is 0.833 bits per heavy atom. The van der Waals surface area contributed by atoms with E-state index in [1.54, 1.807) is 0 Å². The van der Waals surface area contributed by atoms with Crippen LogP contribution >= 0.6 is 0 Å². The summed E-state index contributed by atoms with van der Waals surface area (Å²) in [6.45, 7) is 18.5. The summed E-state index contributed by atoms with van der Waals surface area (Å²) in [5.74, 6) is 0. The monoisotopic (exact) mass is 345 g/mol. The first-order valence-electron chi connectivity index (χ1n) is 8.45. The molecule has 0 radical (unpaired) electrons. The van der Waals surface area contributed by atoms with E-state index in [0.29, 0.717) is 0 Å². The van der Waals surface area contributed by atoms with E-state index in [4.69, 9.17) is 0 Å². The molecule has 0 N–H and O–H groups in total. The molecular formula is C20H27NO2S. The molecule has 4 heteroatoms. The van der Waals surface area contributed by atoms with E-state index in [2.05, 4.69) is 27.7 Å². The number of hydrogen-bond acceptors (Lipinski definition) is 2. The highest BCUT2D eigenvalue weighted by Gasteiger charge is 2.50. The lowest BCUT2D eigenvalue weighted by molar-refractivity contribution is 0.394. The van der Waals surface area contributed by atoms with E-state index in [1.165, 1.54) is 5.56 Å². The van der Waals surface area contributed by atoms with E-state index < -0.39 is 15.5 Å². The van der Waals surface area contributed by atoms with Crippen molar-refractivity contribution >= 4 is 16.3 Å². The fourth-order valence-corrected chi connectivity index (χ4v) is 5.88. The minimum Gasteiger partial charge on any atom is -0.280 e. The molecule has 0 aliphatic carbocycles. The first-order chi connectivity index (χ1) is 10.9. The fraction of sp³-hybridized carbons (Fsp3) is 0.550. The smallest absolute Gasteiger partial charge is 0.258 e. The minimum atomic E-state index is -1.18. The third-order valence-electron chi connectivity index (χ3n) is 6.70. The first-order valence-corrected chi connectivity index (χ1v) is 9.60. The zero-order chi connectivity index (χ0) is 18.4. The van der Waals surface area contributed by atoms with Crippen LogP contribution in [0.25, 0.3) is 5.52 Å². The van der Waals surface area contributed by atoms with Crippen molar-refractivity contribution in [1.29, 1.82) is 0 Å². The Bertz CT molecular complexity index is 994. The third kappa shape index (κ3) is 1.73. The van der Waals surface area contributed by atoms with Gasteiger partial charge < -0.3 is 0 Å². The van der Waals surface area contributed by atoms with E-state index in [-0.39, 0.29) is 11.0 Å². The third-order valence-corrected chi connectivity index (χ3v) is 9.00. The lowest BCUT2D eigenvalue weighted by atomic mass is 9.71. The molecule has 130 valence electrons. The van der Waals surface area contributed by atoms with Crippen LogP contribution in [-0.2, 0) is 16.2 Å². The van der Waals surface area contributed by atoms with E-state index >= 15 is 0 Å². The van der Waals surface area contributed by atoms with Gasteiger partial charge in [-0.05, 0) is 70.7 Å². The molecule has 1 unspecified atom stereocenters. The Morgan fingerprint density at radius 3 is 1.92 bits per heavy atom. The van der Waals surface area contributed by atoms with E-state index in [9.17, 15) is 9.00 Å². The highest BCUT2D eigenvalue weighted by atomic mass is 32.2. The largest absolute Gasteiger partial charge is 0.280 e. The molecular weight excluding hydrogens is 318 g/mol. The number of aromatic nitrogens is 1. The number of nitrogens with zero attached hydrogens (tertiary/aromatic N) is 1. The number of rotatable bonds is 0. The van der Waals surface area contributed by atoms with Crippen molar-refractivity contribution in [3.05, 3.63) is 43.9 Å². The van der Waals surface area contributed by atoms with Gasteiger partial charge in [-0.3, -0.25) is 13.4 Å². The fourth-order valence-electron chi connectivity index (χ4n) is 4.01. The predicted octanol–water partition coefficient (Wildman–Crippen LogP) is 4.02. The summed E-state index contributed by atoms with van der Waals surface area (Å²) >= 11 is 0. The molecule has 0 bridgehead atoms.